The molecule has 2 N–H and O–H groups in total. The van der Waals surface area contributed by atoms with Crippen molar-refractivity contribution < 1.29 is 19.4 Å². The highest BCUT2D eigenvalue weighted by Crippen LogP contribution is 2.50. The van der Waals surface area contributed by atoms with Crippen LogP contribution in [0.1, 0.15) is 39.6 Å². The smallest absolute Gasteiger partial charge is 0.315 e. The SMILES string of the molecule is O=C(c1n[nH]c2c1CCC2)N1C[C@@H]2c3ccccc3OC[C@]2(C(=O)O)C1. The number of ether oxygens (including phenoxy) is 1. The number of carboxylic acid groups (broad SMARTS) is 1. The van der Waals surface area contributed by atoms with Crippen molar-refractivity contribution in [2.75, 3.05) is 19.7 Å². The molecule has 2 atom stereocenters. The van der Waals surface area contributed by atoms with E-state index < -0.39 is 11.4 Å². The van der Waals surface area contributed by atoms with E-state index in [1.165, 1.54) is 0 Å². The predicted molar refractivity (Wildman–Crippen MR) is 91.3 cm³/mol. The molecule has 1 fully saturated rings. The maximum atomic E-state index is 13.1. The first-order valence-corrected chi connectivity index (χ1v) is 8.91. The Labute approximate surface area is 150 Å². The van der Waals surface area contributed by atoms with E-state index in [-0.39, 0.29) is 25.0 Å². The summed E-state index contributed by atoms with van der Waals surface area (Å²) < 4.78 is 5.75. The number of carbonyl (C=O) groups is 2. The fourth-order valence-corrected chi connectivity index (χ4v) is 4.64. The Balaban J connectivity index is 1.52. The molecule has 1 aromatic carbocycles. The molecule has 1 saturated heterocycles. The third kappa shape index (κ3) is 1.97. The van der Waals surface area contributed by atoms with Crippen molar-refractivity contribution in [3.8, 4) is 5.75 Å². The molecule has 3 aliphatic rings. The Morgan fingerprint density at radius 2 is 2.15 bits per heavy atom. The van der Waals surface area contributed by atoms with Crippen LogP contribution in [0.25, 0.3) is 0 Å². The molecule has 0 spiro atoms. The number of H-pyrrole nitrogens is 1. The number of carboxylic acids is 1. The second kappa shape index (κ2) is 5.33. The van der Waals surface area contributed by atoms with Crippen molar-refractivity contribution in [2.45, 2.75) is 25.2 Å². The Morgan fingerprint density at radius 1 is 1.31 bits per heavy atom. The highest BCUT2D eigenvalue weighted by molar-refractivity contribution is 5.95. The van der Waals surface area contributed by atoms with E-state index in [0.717, 1.165) is 36.1 Å². The number of amides is 1. The molecule has 7 heteroatoms. The molecule has 7 nitrogen and oxygen atoms in total. The number of fused-ring (bicyclic) bond motifs is 4. The highest BCUT2D eigenvalue weighted by atomic mass is 16.5. The largest absolute Gasteiger partial charge is 0.492 e. The molecule has 0 bridgehead atoms. The number of aliphatic carboxylic acids is 1. The summed E-state index contributed by atoms with van der Waals surface area (Å²) in [5.41, 5.74) is 2.23. The van der Waals surface area contributed by atoms with Crippen molar-refractivity contribution in [3.63, 3.8) is 0 Å². The number of aromatic nitrogens is 2. The number of hydrogen-bond acceptors (Lipinski definition) is 4. The number of nitrogens with zero attached hydrogens (tertiary/aromatic N) is 2. The fraction of sp³-hybridized carbons (Fsp3) is 0.421. The number of hydrogen-bond donors (Lipinski definition) is 2. The van der Waals surface area contributed by atoms with Gasteiger partial charge in [0.2, 0.25) is 0 Å². The van der Waals surface area contributed by atoms with Crippen LogP contribution in [-0.2, 0) is 17.6 Å². The zero-order valence-electron chi connectivity index (χ0n) is 14.2. The first-order valence-electron chi connectivity index (χ1n) is 8.91. The van der Waals surface area contributed by atoms with E-state index in [4.69, 9.17) is 4.74 Å². The molecule has 1 aliphatic carbocycles. The van der Waals surface area contributed by atoms with Crippen LogP contribution >= 0.6 is 0 Å². The molecule has 2 aromatic rings. The number of likely N-dealkylation sites (tertiary alicyclic amines) is 1. The van der Waals surface area contributed by atoms with Gasteiger partial charge in [0.15, 0.2) is 5.69 Å². The number of carbonyl (C=O) groups excluding carboxylic acids is 1. The second-order valence-electron chi connectivity index (χ2n) is 7.41. The zero-order valence-corrected chi connectivity index (χ0v) is 14.2. The summed E-state index contributed by atoms with van der Waals surface area (Å²) in [7, 11) is 0. The highest BCUT2D eigenvalue weighted by Gasteiger charge is 2.57. The zero-order chi connectivity index (χ0) is 17.9. The maximum absolute atomic E-state index is 13.1. The molecular weight excluding hydrogens is 334 g/mol. The van der Waals surface area contributed by atoms with Gasteiger partial charge < -0.3 is 14.7 Å². The normalized spacial score (nSPS) is 26.0. The molecule has 1 aromatic heterocycles. The number of para-hydroxylation sites is 1. The van der Waals surface area contributed by atoms with Crippen molar-refractivity contribution >= 4 is 11.9 Å². The van der Waals surface area contributed by atoms with Gasteiger partial charge in [-0.05, 0) is 25.3 Å². The van der Waals surface area contributed by atoms with Crippen LogP contribution < -0.4 is 4.74 Å². The van der Waals surface area contributed by atoms with Gasteiger partial charge in [-0.3, -0.25) is 14.7 Å². The molecule has 2 aliphatic heterocycles. The minimum absolute atomic E-state index is 0.0759. The van der Waals surface area contributed by atoms with Crippen LogP contribution in [0.4, 0.5) is 0 Å². The van der Waals surface area contributed by atoms with E-state index in [1.54, 1.807) is 4.90 Å². The van der Waals surface area contributed by atoms with Gasteiger partial charge in [-0.25, -0.2) is 0 Å². The van der Waals surface area contributed by atoms with Crippen molar-refractivity contribution in [1.82, 2.24) is 15.1 Å². The number of rotatable bonds is 2. The van der Waals surface area contributed by atoms with Crippen LogP contribution in [0.3, 0.4) is 0 Å². The van der Waals surface area contributed by atoms with Gasteiger partial charge in [-0.1, -0.05) is 18.2 Å². The average Bonchev–Trinajstić information content (AvgIpc) is 3.35. The fourth-order valence-electron chi connectivity index (χ4n) is 4.64. The Kier molecular flexibility index (Phi) is 3.16. The molecule has 134 valence electrons. The van der Waals surface area contributed by atoms with E-state index in [1.807, 2.05) is 24.3 Å². The van der Waals surface area contributed by atoms with Crippen LogP contribution in [0.15, 0.2) is 24.3 Å². The molecule has 0 saturated carbocycles. The monoisotopic (exact) mass is 353 g/mol. The van der Waals surface area contributed by atoms with Crippen LogP contribution in [-0.4, -0.2) is 51.8 Å². The topological polar surface area (TPSA) is 95.5 Å². The van der Waals surface area contributed by atoms with E-state index in [2.05, 4.69) is 10.2 Å². The molecule has 0 unspecified atom stereocenters. The van der Waals surface area contributed by atoms with Gasteiger partial charge in [0.05, 0.1) is 0 Å². The lowest BCUT2D eigenvalue weighted by molar-refractivity contribution is -0.151. The summed E-state index contributed by atoms with van der Waals surface area (Å²) in [6, 6.07) is 7.51. The lowest BCUT2D eigenvalue weighted by Crippen LogP contribution is -2.46. The molecule has 26 heavy (non-hydrogen) atoms. The summed E-state index contributed by atoms with van der Waals surface area (Å²) in [5.74, 6) is -0.665. The summed E-state index contributed by atoms with van der Waals surface area (Å²) in [4.78, 5) is 26.9. The Bertz CT molecular complexity index is 921. The van der Waals surface area contributed by atoms with E-state index >= 15 is 0 Å². The van der Waals surface area contributed by atoms with Crippen LogP contribution in [0.2, 0.25) is 0 Å². The van der Waals surface area contributed by atoms with Gasteiger partial charge >= 0.3 is 5.97 Å². The predicted octanol–water partition coefficient (Wildman–Crippen LogP) is 1.60. The first kappa shape index (κ1) is 15.4. The standard InChI is InChI=1S/C19H19N3O4/c23-17(16-12-5-3-6-14(12)20-21-16)22-8-13-11-4-1-2-7-15(11)26-10-19(13,9-22)18(24)25/h1-2,4,7,13H,3,5-6,8-10H2,(H,20,21)(H,24,25)/t13-,19-/m1/s1. The second-order valence-corrected chi connectivity index (χ2v) is 7.41. The van der Waals surface area contributed by atoms with Gasteiger partial charge in [-0.2, -0.15) is 5.10 Å². The van der Waals surface area contributed by atoms with E-state index in [9.17, 15) is 14.7 Å². The van der Waals surface area contributed by atoms with Crippen molar-refractivity contribution in [1.29, 1.82) is 0 Å². The molecule has 1 amide bonds. The minimum atomic E-state index is -1.11. The third-order valence-electron chi connectivity index (χ3n) is 6.04. The molecule has 5 rings (SSSR count). The molecule has 0 radical (unpaired) electrons. The van der Waals surface area contributed by atoms with Gasteiger partial charge in [0.25, 0.3) is 5.91 Å². The summed E-state index contributed by atoms with van der Waals surface area (Å²) >= 11 is 0. The summed E-state index contributed by atoms with van der Waals surface area (Å²) in [6.07, 6.45) is 2.78. The van der Waals surface area contributed by atoms with Gasteiger partial charge in [0.1, 0.15) is 17.8 Å². The summed E-state index contributed by atoms with van der Waals surface area (Å²) in [5, 5.41) is 17.1. The summed E-state index contributed by atoms with van der Waals surface area (Å²) in [6.45, 7) is 0.585. The number of nitrogens with one attached hydrogen (secondary N) is 1. The quantitative estimate of drug-likeness (QED) is 0.855. The number of aromatic amines is 1. The van der Waals surface area contributed by atoms with Gasteiger partial charge in [0, 0.05) is 35.8 Å². The first-order chi connectivity index (χ1) is 12.6. The Hall–Kier alpha value is -2.83. The maximum Gasteiger partial charge on any atom is 0.315 e. The van der Waals surface area contributed by atoms with E-state index in [0.29, 0.717) is 18.0 Å². The Morgan fingerprint density at radius 3 is 3.00 bits per heavy atom. The van der Waals surface area contributed by atoms with Crippen LogP contribution in [0.5, 0.6) is 5.75 Å². The molecular formula is C19H19N3O4. The molecule has 3 heterocycles. The average molecular weight is 353 g/mol. The van der Waals surface area contributed by atoms with Crippen molar-refractivity contribution in [3.05, 3.63) is 46.8 Å². The minimum Gasteiger partial charge on any atom is -0.492 e. The van der Waals surface area contributed by atoms with Gasteiger partial charge in [-0.15, -0.1) is 0 Å². The van der Waals surface area contributed by atoms with Crippen LogP contribution in [0, 0.1) is 5.41 Å². The lowest BCUT2D eigenvalue weighted by atomic mass is 9.73. The number of aryl methyl sites for hydroxylation is 1. The number of benzene rings is 1. The van der Waals surface area contributed by atoms with Crippen molar-refractivity contribution in [2.24, 2.45) is 5.41 Å². The lowest BCUT2D eigenvalue weighted by Gasteiger charge is -2.35. The third-order valence-corrected chi connectivity index (χ3v) is 6.04.